The van der Waals surface area contributed by atoms with Crippen molar-refractivity contribution >= 4 is 101 Å². The van der Waals surface area contributed by atoms with Crippen LogP contribution < -0.4 is 10.6 Å². The summed E-state index contributed by atoms with van der Waals surface area (Å²) in [7, 11) is -24.9. The lowest BCUT2D eigenvalue weighted by atomic mass is 10.1. The van der Waals surface area contributed by atoms with E-state index in [1.54, 1.807) is 0 Å². The molecule has 0 radical (unpaired) electrons. The summed E-state index contributed by atoms with van der Waals surface area (Å²) >= 11 is 0. The third kappa shape index (κ3) is 11.5. The molecule has 0 aliphatic heterocycles. The molecule has 1 heterocycles. The van der Waals surface area contributed by atoms with Gasteiger partial charge >= 0.3 is 16.5 Å². The van der Waals surface area contributed by atoms with Gasteiger partial charge in [0.15, 0.2) is 15.6 Å². The van der Waals surface area contributed by atoms with E-state index >= 15 is 0 Å². The monoisotopic (exact) mass is 938 g/mol. The average molecular weight is 939 g/mol. The van der Waals surface area contributed by atoms with Crippen LogP contribution in [0.5, 0.6) is 5.75 Å². The molecule has 5 rings (SSSR count). The zero-order chi connectivity index (χ0) is 44.4. The highest BCUT2D eigenvalue weighted by Crippen LogP contribution is 2.47. The molecule has 0 atom stereocenters. The van der Waals surface area contributed by atoms with E-state index in [1.807, 2.05) is 0 Å². The van der Waals surface area contributed by atoms with E-state index in [2.05, 4.69) is 45.2 Å². The maximum Gasteiger partial charge on any atom is 0.397 e. The lowest BCUT2D eigenvalue weighted by Crippen LogP contribution is -2.15. The highest BCUT2D eigenvalue weighted by Gasteiger charge is 2.26. The Balaban J connectivity index is 1.69. The number of phenolic OH excluding ortho intramolecular Hbond substituents is 1. The number of aromatic hydroxyl groups is 1. The smallest absolute Gasteiger partial charge is 0.397 e. The Morgan fingerprint density at radius 1 is 0.667 bits per heavy atom. The molecule has 7 N–H and O–H groups in total. The van der Waals surface area contributed by atoms with Crippen LogP contribution in [-0.4, -0.2) is 93.6 Å². The molecule has 5 aromatic rings. The van der Waals surface area contributed by atoms with E-state index in [0.29, 0.717) is 12.1 Å². The van der Waals surface area contributed by atoms with Crippen molar-refractivity contribution in [3.8, 4) is 5.75 Å². The first-order chi connectivity index (χ1) is 27.7. The third-order valence-electron chi connectivity index (χ3n) is 7.41. The lowest BCUT2D eigenvalue weighted by molar-refractivity contribution is 0.284. The van der Waals surface area contributed by atoms with Gasteiger partial charge in [-0.25, -0.2) is 12.6 Å². The van der Waals surface area contributed by atoms with E-state index < -0.39 is 141 Å². The van der Waals surface area contributed by atoms with Crippen molar-refractivity contribution < 1.29 is 78.4 Å². The summed E-state index contributed by atoms with van der Waals surface area (Å²) in [5.74, 6) is -5.11. The predicted octanol–water partition coefficient (Wildman–Crippen LogP) is 4.53. The summed E-state index contributed by atoms with van der Waals surface area (Å²) in [6.07, 6.45) is -1.48. The molecule has 0 aliphatic rings. The van der Waals surface area contributed by atoms with Gasteiger partial charge in [0.1, 0.15) is 44.2 Å². The second-order valence-electron chi connectivity index (χ2n) is 11.6. The number of rotatable bonds is 16. The molecule has 0 unspecified atom stereocenters. The van der Waals surface area contributed by atoms with Crippen LogP contribution in [0.4, 0.5) is 48.7 Å². The summed E-state index contributed by atoms with van der Waals surface area (Å²) in [6, 6.07) is 10.5. The number of nitrogens with one attached hydrogen (secondary N) is 2. The van der Waals surface area contributed by atoms with Crippen molar-refractivity contribution in [1.29, 1.82) is 0 Å². The van der Waals surface area contributed by atoms with Gasteiger partial charge in [-0.1, -0.05) is 12.1 Å². The number of fused-ring (bicyclic) bond motifs is 1. The Morgan fingerprint density at radius 3 is 1.95 bits per heavy atom. The standard InChI is InChI=1S/C29H24F2N8O16S5/c30-24-13-25(35-29(31)34-24)33-15-5-8-22(58(46,47)48)20(11-15)37-39-27-23(59(49,50)51)12-17-16(28(27)40)6-7-19(32-14-57(43,44)45)26(17)38-36-18-3-1-2-4-21(18)56(41,42)10-9-55-60(52,53)54/h1-8,11-13,32,40H,9-10,14H2,(H,33,34,35)(H,43,44,45)(H,46,47,48)(H,49,50,51)(H,52,53,54)/b38-36+,39-37+. The number of nitrogens with zero attached hydrogens (tertiary/aromatic N) is 6. The van der Waals surface area contributed by atoms with Crippen molar-refractivity contribution in [3.63, 3.8) is 0 Å². The fourth-order valence-electron chi connectivity index (χ4n) is 4.98. The van der Waals surface area contributed by atoms with Crippen LogP contribution >= 0.6 is 0 Å². The minimum absolute atomic E-state index is 0.188. The molecule has 0 saturated heterocycles. The van der Waals surface area contributed by atoms with Crippen LogP contribution in [-0.2, 0) is 54.8 Å². The van der Waals surface area contributed by atoms with E-state index in [0.717, 1.165) is 42.5 Å². The molecule has 0 bridgehead atoms. The number of azo groups is 2. The Kier molecular flexibility index (Phi) is 12.9. The van der Waals surface area contributed by atoms with Crippen molar-refractivity contribution in [2.24, 2.45) is 20.5 Å². The Hall–Kier alpha value is -5.77. The summed E-state index contributed by atoms with van der Waals surface area (Å²) in [5.41, 5.74) is -3.44. The van der Waals surface area contributed by atoms with E-state index in [9.17, 15) is 69.6 Å². The average Bonchev–Trinajstić information content (AvgIpc) is 3.10. The van der Waals surface area contributed by atoms with Gasteiger partial charge in [-0.15, -0.1) is 20.5 Å². The zero-order valence-corrected chi connectivity index (χ0v) is 33.3. The first-order valence-corrected chi connectivity index (χ1v) is 23.1. The topological polar surface area (TPSA) is 380 Å². The second kappa shape index (κ2) is 17.1. The normalized spacial score (nSPS) is 13.0. The molecule has 31 heteroatoms. The summed E-state index contributed by atoms with van der Waals surface area (Å²) in [5, 5.41) is 30.2. The van der Waals surface area contributed by atoms with Crippen molar-refractivity contribution in [2.45, 2.75) is 14.7 Å². The van der Waals surface area contributed by atoms with Crippen LogP contribution in [0.2, 0.25) is 0 Å². The molecule has 0 aliphatic carbocycles. The predicted molar refractivity (Wildman–Crippen MR) is 201 cm³/mol. The SMILES string of the molecule is O=S(=O)(O)CNc1ccc2c(O)c(/N=N/c3cc(Nc4cc(F)nc(F)n4)ccc3S(=O)(=O)O)c(S(=O)(=O)O)cc2c1/N=N/c1ccccc1S(=O)(=O)CCOS(=O)(=O)O. The van der Waals surface area contributed by atoms with E-state index in [4.69, 9.17) is 4.55 Å². The summed E-state index contributed by atoms with van der Waals surface area (Å²) in [6.45, 7) is -1.03. The molecule has 0 amide bonds. The van der Waals surface area contributed by atoms with Gasteiger partial charge in [-0.05, 0) is 48.5 Å². The number of anilines is 3. The van der Waals surface area contributed by atoms with E-state index in [1.165, 1.54) is 12.1 Å². The maximum atomic E-state index is 13.6. The second-order valence-corrected chi connectivity index (χ2v) is 19.0. The fraction of sp³-hybridized carbons (Fsp3) is 0.103. The van der Waals surface area contributed by atoms with Crippen LogP contribution in [0.25, 0.3) is 10.8 Å². The molecule has 4 aromatic carbocycles. The Labute approximate surface area is 336 Å². The van der Waals surface area contributed by atoms with E-state index in [-0.39, 0.29) is 11.4 Å². The van der Waals surface area contributed by atoms with Crippen LogP contribution in [0.15, 0.2) is 102 Å². The number of hydrogen-bond acceptors (Lipinski definition) is 20. The van der Waals surface area contributed by atoms with Gasteiger partial charge in [-0.2, -0.15) is 52.4 Å². The van der Waals surface area contributed by atoms with Gasteiger partial charge in [0.05, 0.1) is 22.9 Å². The van der Waals surface area contributed by atoms with Crippen molar-refractivity contribution in [1.82, 2.24) is 9.97 Å². The summed E-state index contributed by atoms with van der Waals surface area (Å²) < 4.78 is 190. The number of sulfone groups is 1. The van der Waals surface area contributed by atoms with Crippen molar-refractivity contribution in [3.05, 3.63) is 78.8 Å². The molecule has 1 aromatic heterocycles. The highest BCUT2D eigenvalue weighted by atomic mass is 32.3. The Bertz CT molecular complexity index is 3150. The van der Waals surface area contributed by atoms with Gasteiger partial charge in [-0.3, -0.25) is 18.2 Å². The van der Waals surface area contributed by atoms with Gasteiger partial charge in [0, 0.05) is 22.5 Å². The zero-order valence-electron chi connectivity index (χ0n) is 29.2. The minimum Gasteiger partial charge on any atom is -0.505 e. The van der Waals surface area contributed by atoms with Crippen LogP contribution in [0.3, 0.4) is 0 Å². The van der Waals surface area contributed by atoms with Crippen LogP contribution in [0, 0.1) is 12.0 Å². The van der Waals surface area contributed by atoms with Gasteiger partial charge < -0.3 is 15.7 Å². The quantitative estimate of drug-likeness (QED) is 0.0309. The van der Waals surface area contributed by atoms with Gasteiger partial charge in [0.2, 0.25) is 5.95 Å². The molecule has 0 fully saturated rings. The first kappa shape index (κ1) is 45.3. The first-order valence-electron chi connectivity index (χ1n) is 15.6. The highest BCUT2D eigenvalue weighted by molar-refractivity contribution is 7.91. The third-order valence-corrected chi connectivity index (χ3v) is 11.9. The molecular formula is C29H24F2N8O16S5. The van der Waals surface area contributed by atoms with Crippen molar-refractivity contribution in [2.75, 3.05) is 28.9 Å². The molecule has 60 heavy (non-hydrogen) atoms. The molecule has 0 saturated carbocycles. The lowest BCUT2D eigenvalue weighted by Gasteiger charge is -2.14. The largest absolute Gasteiger partial charge is 0.505 e. The number of halogens is 2. The number of aromatic nitrogens is 2. The summed E-state index contributed by atoms with van der Waals surface area (Å²) in [4.78, 5) is 3.32. The number of hydrogen-bond donors (Lipinski definition) is 7. The molecule has 0 spiro atoms. The van der Waals surface area contributed by atoms with Gasteiger partial charge in [0.25, 0.3) is 30.4 Å². The minimum atomic E-state index is -5.48. The molecule has 320 valence electrons. The molecular weight excluding hydrogens is 915 g/mol. The van der Waals surface area contributed by atoms with Crippen LogP contribution in [0.1, 0.15) is 0 Å². The maximum absolute atomic E-state index is 13.6. The number of benzene rings is 4. The fourth-order valence-corrected chi connectivity index (χ4v) is 8.21. The molecule has 24 nitrogen and oxygen atoms in total. The Morgan fingerprint density at radius 2 is 1.32 bits per heavy atom. The number of phenols is 1.